The molecule has 0 aliphatic carbocycles. The first-order chi connectivity index (χ1) is 20.5. The van der Waals surface area contributed by atoms with Crippen LogP contribution in [0.2, 0.25) is 0 Å². The van der Waals surface area contributed by atoms with Crippen molar-refractivity contribution in [3.63, 3.8) is 0 Å². The summed E-state index contributed by atoms with van der Waals surface area (Å²) in [5.74, 6) is 0.587. The zero-order valence-electron chi connectivity index (χ0n) is 22.7. The van der Waals surface area contributed by atoms with Crippen LogP contribution >= 0.6 is 23.1 Å². The van der Waals surface area contributed by atoms with Crippen molar-refractivity contribution in [3.8, 4) is 22.7 Å². The minimum Gasteiger partial charge on any atom is -0.497 e. The molecular formula is C32H27FN4O3S2. The smallest absolute Gasteiger partial charge is 0.240 e. The molecule has 0 saturated carbocycles. The number of thioether (sulfide) groups is 1. The molecule has 2 amide bonds. The fourth-order valence-electron chi connectivity index (χ4n) is 4.90. The van der Waals surface area contributed by atoms with Crippen LogP contribution in [0.25, 0.3) is 16.9 Å². The molecule has 2 aromatic heterocycles. The van der Waals surface area contributed by atoms with Gasteiger partial charge in [-0.25, -0.2) is 9.07 Å². The summed E-state index contributed by atoms with van der Waals surface area (Å²) in [6, 6.07) is 27.4. The number of amides is 2. The van der Waals surface area contributed by atoms with E-state index in [2.05, 4.69) is 11.4 Å². The van der Waals surface area contributed by atoms with Gasteiger partial charge in [0.05, 0.1) is 29.5 Å². The zero-order chi connectivity index (χ0) is 29.1. The van der Waals surface area contributed by atoms with E-state index in [0.29, 0.717) is 11.6 Å². The molecule has 42 heavy (non-hydrogen) atoms. The quantitative estimate of drug-likeness (QED) is 0.229. The summed E-state index contributed by atoms with van der Waals surface area (Å²) in [7, 11) is 1.61. The first kappa shape index (κ1) is 27.7. The Morgan fingerprint density at radius 3 is 2.48 bits per heavy atom. The number of aromatic nitrogens is 2. The highest BCUT2D eigenvalue weighted by molar-refractivity contribution is 8.00. The second-order valence-electron chi connectivity index (χ2n) is 9.65. The Morgan fingerprint density at radius 2 is 1.79 bits per heavy atom. The number of halogens is 1. The predicted octanol–water partition coefficient (Wildman–Crippen LogP) is 6.23. The van der Waals surface area contributed by atoms with E-state index >= 15 is 0 Å². The van der Waals surface area contributed by atoms with Gasteiger partial charge in [0, 0.05) is 22.5 Å². The highest BCUT2D eigenvalue weighted by atomic mass is 32.2. The van der Waals surface area contributed by atoms with Crippen molar-refractivity contribution in [1.29, 1.82) is 0 Å². The SMILES string of the molecule is COc1ccc(-n2nc(-c3ccccc3)c3c2N(CC(=O)NCc2ccc(F)cc2)C(=O)CSC3c2cccs2)cc1. The van der Waals surface area contributed by atoms with Gasteiger partial charge in [0.2, 0.25) is 11.8 Å². The van der Waals surface area contributed by atoms with Gasteiger partial charge in [0.25, 0.3) is 0 Å². The fourth-order valence-corrected chi connectivity index (χ4v) is 7.07. The first-order valence-electron chi connectivity index (χ1n) is 13.3. The van der Waals surface area contributed by atoms with E-state index in [9.17, 15) is 14.0 Å². The van der Waals surface area contributed by atoms with Crippen LogP contribution in [-0.2, 0) is 16.1 Å². The van der Waals surface area contributed by atoms with Crippen molar-refractivity contribution in [2.75, 3.05) is 24.3 Å². The molecule has 7 nitrogen and oxygen atoms in total. The number of anilines is 1. The predicted molar refractivity (Wildman–Crippen MR) is 165 cm³/mol. The first-order valence-corrected chi connectivity index (χ1v) is 15.2. The molecule has 0 bridgehead atoms. The van der Waals surface area contributed by atoms with Gasteiger partial charge in [-0.05, 0) is 53.4 Å². The molecule has 3 heterocycles. The molecule has 5 aromatic rings. The zero-order valence-corrected chi connectivity index (χ0v) is 24.3. The molecule has 0 radical (unpaired) electrons. The molecule has 0 spiro atoms. The van der Waals surface area contributed by atoms with Crippen molar-refractivity contribution in [1.82, 2.24) is 15.1 Å². The van der Waals surface area contributed by atoms with Crippen molar-refractivity contribution >= 4 is 40.7 Å². The van der Waals surface area contributed by atoms with Crippen molar-refractivity contribution in [2.45, 2.75) is 11.8 Å². The van der Waals surface area contributed by atoms with E-state index in [1.165, 1.54) is 23.9 Å². The molecule has 3 aromatic carbocycles. The third kappa shape index (κ3) is 5.68. The van der Waals surface area contributed by atoms with Crippen LogP contribution in [-0.4, -0.2) is 41.0 Å². The number of hydrogen-bond acceptors (Lipinski definition) is 6. The van der Waals surface area contributed by atoms with E-state index in [4.69, 9.17) is 9.84 Å². The van der Waals surface area contributed by atoms with Gasteiger partial charge < -0.3 is 10.1 Å². The molecule has 1 unspecified atom stereocenters. The van der Waals surface area contributed by atoms with Crippen LogP contribution in [0.4, 0.5) is 10.2 Å². The molecule has 1 aliphatic rings. The summed E-state index contributed by atoms with van der Waals surface area (Å²) in [6.45, 7) is 0.0222. The highest BCUT2D eigenvalue weighted by Crippen LogP contribution is 2.49. The fraction of sp³-hybridized carbons (Fsp3) is 0.156. The lowest BCUT2D eigenvalue weighted by Gasteiger charge is -2.23. The number of fused-ring (bicyclic) bond motifs is 1. The van der Waals surface area contributed by atoms with Crippen LogP contribution in [0, 0.1) is 5.82 Å². The molecule has 212 valence electrons. The van der Waals surface area contributed by atoms with Gasteiger partial charge in [-0.1, -0.05) is 48.5 Å². The molecule has 1 atom stereocenters. The van der Waals surface area contributed by atoms with Gasteiger partial charge in [-0.15, -0.1) is 23.1 Å². The number of nitrogens with one attached hydrogen (secondary N) is 1. The lowest BCUT2D eigenvalue weighted by Crippen LogP contribution is -2.42. The van der Waals surface area contributed by atoms with Crippen LogP contribution in [0.1, 0.15) is 21.3 Å². The second-order valence-corrected chi connectivity index (χ2v) is 11.7. The van der Waals surface area contributed by atoms with E-state index in [-0.39, 0.29) is 41.7 Å². The molecule has 1 N–H and O–H groups in total. The largest absolute Gasteiger partial charge is 0.497 e. The monoisotopic (exact) mass is 598 g/mol. The summed E-state index contributed by atoms with van der Waals surface area (Å²) in [5, 5.41) is 9.83. The number of ether oxygens (including phenoxy) is 1. The Kier molecular flexibility index (Phi) is 8.07. The summed E-state index contributed by atoms with van der Waals surface area (Å²) in [6.07, 6.45) is 0. The van der Waals surface area contributed by atoms with Crippen molar-refractivity contribution in [3.05, 3.63) is 118 Å². The number of carbonyl (C=O) groups excluding carboxylic acids is 2. The Balaban J connectivity index is 1.47. The maximum absolute atomic E-state index is 13.8. The molecule has 6 rings (SSSR count). The molecule has 0 fully saturated rings. The van der Waals surface area contributed by atoms with E-state index in [0.717, 1.165) is 32.9 Å². The average molecular weight is 599 g/mol. The maximum Gasteiger partial charge on any atom is 0.240 e. The van der Waals surface area contributed by atoms with Gasteiger partial charge in [0.1, 0.15) is 23.9 Å². The number of nitrogens with zero attached hydrogens (tertiary/aromatic N) is 3. The summed E-state index contributed by atoms with van der Waals surface area (Å²) in [4.78, 5) is 29.7. The summed E-state index contributed by atoms with van der Waals surface area (Å²) in [5.41, 5.74) is 4.03. The number of carbonyl (C=O) groups is 2. The Labute approximate surface area is 250 Å². The highest BCUT2D eigenvalue weighted by Gasteiger charge is 2.38. The summed E-state index contributed by atoms with van der Waals surface area (Å²) >= 11 is 3.17. The van der Waals surface area contributed by atoms with E-state index in [1.54, 1.807) is 40.2 Å². The summed E-state index contributed by atoms with van der Waals surface area (Å²) < 4.78 is 20.5. The number of thiophene rings is 1. The molecule has 10 heteroatoms. The van der Waals surface area contributed by atoms with Gasteiger partial charge in [-0.3, -0.25) is 14.5 Å². The maximum atomic E-state index is 13.8. The molecule has 1 aliphatic heterocycles. The minimum absolute atomic E-state index is 0.168. The van der Waals surface area contributed by atoms with E-state index < -0.39 is 0 Å². The minimum atomic E-state index is -0.341. The number of hydrogen-bond donors (Lipinski definition) is 1. The van der Waals surface area contributed by atoms with Crippen molar-refractivity contribution < 1.29 is 18.7 Å². The number of rotatable bonds is 8. The van der Waals surface area contributed by atoms with Gasteiger partial charge in [0.15, 0.2) is 0 Å². The van der Waals surface area contributed by atoms with E-state index in [1.807, 2.05) is 66.0 Å². The Bertz CT molecular complexity index is 1690. The second kappa shape index (κ2) is 12.2. The Morgan fingerprint density at radius 1 is 1.02 bits per heavy atom. The molecular weight excluding hydrogens is 572 g/mol. The average Bonchev–Trinajstić information content (AvgIpc) is 3.67. The van der Waals surface area contributed by atoms with Gasteiger partial charge >= 0.3 is 0 Å². The van der Waals surface area contributed by atoms with Crippen molar-refractivity contribution in [2.24, 2.45) is 0 Å². The molecule has 0 saturated heterocycles. The normalized spacial score (nSPS) is 14.8. The van der Waals surface area contributed by atoms with Crippen LogP contribution in [0.5, 0.6) is 5.75 Å². The lowest BCUT2D eigenvalue weighted by molar-refractivity contribution is -0.123. The third-order valence-electron chi connectivity index (χ3n) is 6.96. The topological polar surface area (TPSA) is 76.5 Å². The number of methoxy groups -OCH3 is 1. The number of benzene rings is 3. The lowest BCUT2D eigenvalue weighted by atomic mass is 10.0. The van der Waals surface area contributed by atoms with Crippen LogP contribution in [0.15, 0.2) is 96.4 Å². The standard InChI is InChI=1S/C32H27FN4O3S2/c1-40-25-15-13-24(14-16-25)37-32-29(30(35-37)22-6-3-2-4-7-22)31(26-8-5-17-41-26)42-20-28(39)36(32)19-27(38)34-18-21-9-11-23(33)12-10-21/h2-17,31H,18-20H2,1H3,(H,34,38). The van der Waals surface area contributed by atoms with Gasteiger partial charge in [-0.2, -0.15) is 5.10 Å². The third-order valence-corrected chi connectivity index (χ3v) is 9.28. The van der Waals surface area contributed by atoms with Crippen LogP contribution < -0.4 is 15.0 Å². The van der Waals surface area contributed by atoms with Crippen LogP contribution in [0.3, 0.4) is 0 Å². The Hall–Kier alpha value is -4.41.